The Balaban J connectivity index is 5.25. The van der Waals surface area contributed by atoms with Crippen molar-refractivity contribution in [1.29, 1.82) is 0 Å². The highest BCUT2D eigenvalue weighted by atomic mass is 31.2. The van der Waals surface area contributed by atoms with E-state index in [0.717, 1.165) is 102 Å². The Kier molecular flexibility index (Phi) is 63.7. The summed E-state index contributed by atoms with van der Waals surface area (Å²) >= 11 is 0. The minimum atomic E-state index is -4.95. The number of ether oxygens (including phenoxy) is 4. The molecule has 0 aromatic rings. The number of aliphatic hydroxyl groups is 1. The summed E-state index contributed by atoms with van der Waals surface area (Å²) in [5.74, 6) is -0.506. The van der Waals surface area contributed by atoms with Gasteiger partial charge in [-0.15, -0.1) is 0 Å². The third-order valence-corrected chi connectivity index (χ3v) is 19.6. The van der Waals surface area contributed by atoms with Gasteiger partial charge in [0.25, 0.3) is 0 Å². The summed E-state index contributed by atoms with van der Waals surface area (Å²) in [5, 5.41) is 10.6. The highest BCUT2D eigenvalue weighted by molar-refractivity contribution is 7.47. The quantitative estimate of drug-likeness (QED) is 0.0222. The van der Waals surface area contributed by atoms with Crippen molar-refractivity contribution in [3.63, 3.8) is 0 Å². The minimum Gasteiger partial charge on any atom is -0.462 e. The van der Waals surface area contributed by atoms with Crippen LogP contribution < -0.4 is 0 Å². The van der Waals surface area contributed by atoms with E-state index >= 15 is 0 Å². The van der Waals surface area contributed by atoms with E-state index in [9.17, 15) is 43.2 Å². The van der Waals surface area contributed by atoms with Crippen molar-refractivity contribution >= 4 is 39.5 Å². The van der Waals surface area contributed by atoms with Crippen molar-refractivity contribution in [3.8, 4) is 0 Å². The molecular weight excluding hydrogens is 1210 g/mol. The Bertz CT molecular complexity index is 1790. The maximum absolute atomic E-state index is 13.1. The second-order valence-electron chi connectivity index (χ2n) is 26.8. The first kappa shape index (κ1) is 90.1. The fraction of sp³-hybridized carbons (Fsp3) is 0.945. The van der Waals surface area contributed by atoms with Crippen LogP contribution in [0.4, 0.5) is 0 Å². The maximum atomic E-state index is 13.1. The normalized spacial score (nSPS) is 14.7. The molecule has 0 amide bonds. The molecule has 3 N–H and O–H groups in total. The smallest absolute Gasteiger partial charge is 0.462 e. The molecule has 0 radical (unpaired) electrons. The number of phosphoric acid groups is 2. The van der Waals surface area contributed by atoms with Gasteiger partial charge in [0.15, 0.2) is 12.2 Å². The predicted octanol–water partition coefficient (Wildman–Crippen LogP) is 21.2. The second kappa shape index (κ2) is 65.0. The molecule has 0 aromatic carbocycles. The molecule has 17 nitrogen and oxygen atoms in total. The van der Waals surface area contributed by atoms with E-state index in [-0.39, 0.29) is 25.7 Å². The summed E-state index contributed by atoms with van der Waals surface area (Å²) in [4.78, 5) is 72.7. The molecule has 0 spiro atoms. The van der Waals surface area contributed by atoms with Crippen LogP contribution in [0.5, 0.6) is 0 Å². The molecule has 92 heavy (non-hydrogen) atoms. The van der Waals surface area contributed by atoms with Crippen molar-refractivity contribution in [2.75, 3.05) is 39.6 Å². The fourth-order valence-electron chi connectivity index (χ4n) is 11.1. The summed E-state index contributed by atoms with van der Waals surface area (Å²) in [6.45, 7) is 9.62. The first-order chi connectivity index (χ1) is 44.4. The SMILES string of the molecule is CCCCCCCCCCCCCCCCCC(=O)O[C@H](COC(=O)CCCCCCCCCCCCC(C)CC)COP(=O)(O)OC[C@@H](O)COP(=O)(O)OC[C@@H](COC(=O)CCCCCCCCCCC)OC(=O)CCCCCCCCCCCCC(C)CC. The van der Waals surface area contributed by atoms with Crippen LogP contribution in [0, 0.1) is 11.8 Å². The molecule has 0 aliphatic carbocycles. The van der Waals surface area contributed by atoms with Crippen LogP contribution in [0.3, 0.4) is 0 Å². The number of hydrogen-bond donors (Lipinski definition) is 3. The third-order valence-electron chi connectivity index (χ3n) is 17.7. The average Bonchev–Trinajstić information content (AvgIpc) is 1.60. The number of aliphatic hydroxyl groups excluding tert-OH is 1. The molecule has 0 saturated heterocycles. The molecule has 546 valence electrons. The Morgan fingerprint density at radius 3 is 0.772 bits per heavy atom. The van der Waals surface area contributed by atoms with E-state index < -0.39 is 97.5 Å². The summed E-state index contributed by atoms with van der Waals surface area (Å²) in [6, 6.07) is 0. The highest BCUT2D eigenvalue weighted by Crippen LogP contribution is 2.45. The van der Waals surface area contributed by atoms with Crippen LogP contribution in [0.15, 0.2) is 0 Å². The number of hydrogen-bond acceptors (Lipinski definition) is 15. The largest absolute Gasteiger partial charge is 0.472 e. The standard InChI is InChI=1S/C73H142O17P2/c1-7-11-13-15-17-19-20-21-22-23-24-33-39-45-51-57-72(77)89-69(62-84-71(76)56-50-44-38-32-27-25-30-35-41-47-53-65(5)9-3)64-88-92(81,82)86-60-67(74)59-85-91(79,80)87-63-68(61-83-70(75)55-49-43-37-29-18-16-14-12-8-2)90-73(78)58-52-46-40-34-28-26-31-36-42-48-54-66(6)10-4/h65-69,74H,7-64H2,1-6H3,(H,79,80)(H,81,82)/t65?,66?,67-,68+,69+/m0/s1. The lowest BCUT2D eigenvalue weighted by molar-refractivity contribution is -0.161. The zero-order valence-electron chi connectivity index (χ0n) is 59.9. The zero-order chi connectivity index (χ0) is 67.9. The third kappa shape index (κ3) is 64.1. The van der Waals surface area contributed by atoms with Crippen LogP contribution in [0.2, 0.25) is 0 Å². The van der Waals surface area contributed by atoms with Gasteiger partial charge in [0.05, 0.1) is 26.4 Å². The molecule has 0 saturated carbocycles. The van der Waals surface area contributed by atoms with Crippen molar-refractivity contribution in [1.82, 2.24) is 0 Å². The van der Waals surface area contributed by atoms with Crippen molar-refractivity contribution in [2.45, 2.75) is 394 Å². The summed E-state index contributed by atoms with van der Waals surface area (Å²) in [7, 11) is -9.90. The number of carbonyl (C=O) groups is 4. The van der Waals surface area contributed by atoms with Gasteiger partial charge in [0.1, 0.15) is 19.3 Å². The van der Waals surface area contributed by atoms with Crippen LogP contribution >= 0.6 is 15.6 Å². The Labute approximate surface area is 562 Å². The highest BCUT2D eigenvalue weighted by Gasteiger charge is 2.30. The van der Waals surface area contributed by atoms with Crippen molar-refractivity contribution < 1.29 is 80.2 Å². The predicted molar refractivity (Wildman–Crippen MR) is 372 cm³/mol. The van der Waals surface area contributed by atoms with Gasteiger partial charge >= 0.3 is 39.5 Å². The van der Waals surface area contributed by atoms with Gasteiger partial charge in [-0.05, 0) is 37.5 Å². The number of rotatable bonds is 72. The number of unbranched alkanes of at least 4 members (excludes halogenated alkanes) is 40. The number of phosphoric ester groups is 2. The van der Waals surface area contributed by atoms with E-state index in [1.165, 1.54) is 193 Å². The molecule has 0 heterocycles. The summed E-state index contributed by atoms with van der Waals surface area (Å²) in [5.41, 5.74) is 0. The molecule has 0 fully saturated rings. The Hall–Kier alpha value is -1.94. The Morgan fingerprint density at radius 1 is 0.304 bits per heavy atom. The van der Waals surface area contributed by atoms with Crippen LogP contribution in [0.25, 0.3) is 0 Å². The van der Waals surface area contributed by atoms with Crippen LogP contribution in [-0.4, -0.2) is 96.7 Å². The van der Waals surface area contributed by atoms with Gasteiger partial charge in [0.2, 0.25) is 0 Å². The van der Waals surface area contributed by atoms with Gasteiger partial charge in [-0.3, -0.25) is 37.3 Å². The second-order valence-corrected chi connectivity index (χ2v) is 29.7. The van der Waals surface area contributed by atoms with E-state index in [1.807, 2.05) is 0 Å². The average molecular weight is 1350 g/mol. The molecule has 0 bridgehead atoms. The van der Waals surface area contributed by atoms with E-state index in [1.54, 1.807) is 0 Å². The van der Waals surface area contributed by atoms with Crippen molar-refractivity contribution in [3.05, 3.63) is 0 Å². The van der Waals surface area contributed by atoms with Crippen LogP contribution in [0.1, 0.15) is 375 Å². The minimum absolute atomic E-state index is 0.106. The van der Waals surface area contributed by atoms with E-state index in [2.05, 4.69) is 41.5 Å². The van der Waals surface area contributed by atoms with E-state index in [0.29, 0.717) is 25.7 Å². The molecule has 0 rings (SSSR count). The Morgan fingerprint density at radius 2 is 0.522 bits per heavy atom. The van der Waals surface area contributed by atoms with Crippen molar-refractivity contribution in [2.24, 2.45) is 11.8 Å². The molecular formula is C73H142O17P2. The van der Waals surface area contributed by atoms with E-state index in [4.69, 9.17) is 37.0 Å². The van der Waals surface area contributed by atoms with Gasteiger partial charge in [0, 0.05) is 25.7 Å². The maximum Gasteiger partial charge on any atom is 0.472 e. The summed E-state index contributed by atoms with van der Waals surface area (Å²) < 4.78 is 68.4. The molecule has 0 aliphatic rings. The van der Waals surface area contributed by atoms with Gasteiger partial charge in [-0.1, -0.05) is 324 Å². The molecule has 0 aromatic heterocycles. The van der Waals surface area contributed by atoms with Crippen LogP contribution in [-0.2, 0) is 65.4 Å². The zero-order valence-corrected chi connectivity index (χ0v) is 61.6. The van der Waals surface area contributed by atoms with Gasteiger partial charge < -0.3 is 33.8 Å². The molecule has 19 heteroatoms. The topological polar surface area (TPSA) is 237 Å². The lowest BCUT2D eigenvalue weighted by Gasteiger charge is -2.21. The lowest BCUT2D eigenvalue weighted by atomic mass is 9.99. The number of esters is 4. The first-order valence-electron chi connectivity index (χ1n) is 38.1. The molecule has 0 aliphatic heterocycles. The first-order valence-corrected chi connectivity index (χ1v) is 41.1. The molecule has 7 atom stereocenters. The number of carbonyl (C=O) groups excluding carboxylic acids is 4. The van der Waals surface area contributed by atoms with Gasteiger partial charge in [-0.25, -0.2) is 9.13 Å². The lowest BCUT2D eigenvalue weighted by Crippen LogP contribution is -2.30. The fourth-order valence-corrected chi connectivity index (χ4v) is 12.6. The summed E-state index contributed by atoms with van der Waals surface area (Å²) in [6.07, 6.45) is 51.1. The monoisotopic (exact) mass is 1350 g/mol. The van der Waals surface area contributed by atoms with Gasteiger partial charge in [-0.2, -0.15) is 0 Å². The molecule has 4 unspecified atom stereocenters.